The molecule has 0 radical (unpaired) electrons. The van der Waals surface area contributed by atoms with Crippen molar-refractivity contribution >= 4 is 56.4 Å². The summed E-state index contributed by atoms with van der Waals surface area (Å²) in [5.41, 5.74) is 3.00. The summed E-state index contributed by atoms with van der Waals surface area (Å²) in [7, 11) is 0. The zero-order valence-electron chi connectivity index (χ0n) is 24.6. The molecule has 0 fully saturated rings. The molecule has 2 aromatic rings. The van der Waals surface area contributed by atoms with Crippen molar-refractivity contribution < 1.29 is 28.7 Å². The summed E-state index contributed by atoms with van der Waals surface area (Å²) in [6, 6.07) is 0. The number of carbonyl (C=O) groups excluding carboxylic acids is 4. The standard InChI is InChI=1S/C31H42N2O6S2/c1-18(2)38-30(36)26-20-12-7-5-9-14-22(20)40-28(26)32-24(34)16-11-17-25(35)33-29-27(31(37)39-19(3)4)21-13-8-6-10-15-23(21)41-29/h18-19H,5-17H2,1-4H3,(H,32,34)(H,33,35). The normalized spacial score (nSPS) is 15.0. The van der Waals surface area contributed by atoms with Crippen LogP contribution in [0.2, 0.25) is 0 Å². The van der Waals surface area contributed by atoms with Gasteiger partial charge in [-0.1, -0.05) is 12.8 Å². The van der Waals surface area contributed by atoms with Crippen molar-refractivity contribution in [3.05, 3.63) is 32.0 Å². The van der Waals surface area contributed by atoms with Crippen molar-refractivity contribution in [2.45, 2.75) is 123 Å². The van der Waals surface area contributed by atoms with Crippen LogP contribution in [0.1, 0.15) is 127 Å². The van der Waals surface area contributed by atoms with Crippen LogP contribution in [0.25, 0.3) is 0 Å². The number of rotatable bonds is 10. The molecule has 0 saturated heterocycles. The van der Waals surface area contributed by atoms with E-state index in [1.54, 1.807) is 0 Å². The zero-order valence-corrected chi connectivity index (χ0v) is 26.2. The van der Waals surface area contributed by atoms with Crippen LogP contribution in [0.4, 0.5) is 10.0 Å². The minimum atomic E-state index is -0.393. The van der Waals surface area contributed by atoms with Gasteiger partial charge in [-0.05, 0) is 96.6 Å². The number of hydrogen-bond acceptors (Lipinski definition) is 8. The lowest BCUT2D eigenvalue weighted by Crippen LogP contribution is -2.18. The number of esters is 2. The number of amides is 2. The molecule has 0 spiro atoms. The van der Waals surface area contributed by atoms with E-state index in [-0.39, 0.29) is 36.9 Å². The summed E-state index contributed by atoms with van der Waals surface area (Å²) in [5, 5.41) is 6.96. The van der Waals surface area contributed by atoms with Gasteiger partial charge in [-0.3, -0.25) is 9.59 Å². The van der Waals surface area contributed by atoms with Gasteiger partial charge in [0.2, 0.25) is 11.8 Å². The fraction of sp³-hybridized carbons (Fsp3) is 0.613. The molecule has 2 aliphatic rings. The Morgan fingerprint density at radius 1 is 0.634 bits per heavy atom. The molecule has 8 nitrogen and oxygen atoms in total. The van der Waals surface area contributed by atoms with E-state index in [0.717, 1.165) is 85.1 Å². The highest BCUT2D eigenvalue weighted by Gasteiger charge is 2.29. The van der Waals surface area contributed by atoms with Gasteiger partial charge in [-0.2, -0.15) is 0 Å². The Morgan fingerprint density at radius 3 is 1.41 bits per heavy atom. The highest BCUT2D eigenvalue weighted by atomic mass is 32.1. The number of hydrogen-bond donors (Lipinski definition) is 2. The maximum Gasteiger partial charge on any atom is 0.341 e. The predicted molar refractivity (Wildman–Crippen MR) is 163 cm³/mol. The van der Waals surface area contributed by atoms with E-state index < -0.39 is 11.9 Å². The molecule has 224 valence electrons. The van der Waals surface area contributed by atoms with Crippen molar-refractivity contribution in [1.29, 1.82) is 0 Å². The molecule has 0 aliphatic heterocycles. The quantitative estimate of drug-likeness (QED) is 0.219. The number of aryl methyl sites for hydroxylation is 2. The summed E-state index contributed by atoms with van der Waals surface area (Å²) in [4.78, 5) is 54.0. The number of fused-ring (bicyclic) bond motifs is 2. The summed E-state index contributed by atoms with van der Waals surface area (Å²) in [6.45, 7) is 7.26. The van der Waals surface area contributed by atoms with Crippen LogP contribution in [0.3, 0.4) is 0 Å². The SMILES string of the molecule is CC(C)OC(=O)c1c(NC(=O)CCCC(=O)Nc2sc3c(c2C(=O)OC(C)C)CCCCC3)sc2c1CCCCC2. The van der Waals surface area contributed by atoms with Crippen LogP contribution in [0, 0.1) is 0 Å². The second-order valence-electron chi connectivity index (χ2n) is 11.4. The van der Waals surface area contributed by atoms with Crippen molar-refractivity contribution in [1.82, 2.24) is 0 Å². The Balaban J connectivity index is 1.38. The lowest BCUT2D eigenvalue weighted by molar-refractivity contribution is -0.117. The predicted octanol–water partition coefficient (Wildman–Crippen LogP) is 7.23. The molecule has 0 atom stereocenters. The van der Waals surface area contributed by atoms with Crippen LogP contribution in [-0.2, 0) is 44.7 Å². The molecule has 2 heterocycles. The summed E-state index contributed by atoms with van der Waals surface area (Å²) in [5.74, 6) is -1.26. The van der Waals surface area contributed by atoms with E-state index in [1.165, 1.54) is 22.7 Å². The van der Waals surface area contributed by atoms with Gasteiger partial charge in [-0.15, -0.1) is 22.7 Å². The molecule has 41 heavy (non-hydrogen) atoms. The highest BCUT2D eigenvalue weighted by Crippen LogP contribution is 2.39. The van der Waals surface area contributed by atoms with Crippen LogP contribution in [0.15, 0.2) is 0 Å². The third-order valence-corrected chi connectivity index (χ3v) is 9.66. The van der Waals surface area contributed by atoms with Crippen LogP contribution in [-0.4, -0.2) is 36.0 Å². The maximum absolute atomic E-state index is 13.0. The summed E-state index contributed by atoms with van der Waals surface area (Å²) in [6.07, 6.45) is 9.93. The third kappa shape index (κ3) is 8.19. The zero-order chi connectivity index (χ0) is 29.5. The van der Waals surface area contributed by atoms with Crippen molar-refractivity contribution in [3.63, 3.8) is 0 Å². The van der Waals surface area contributed by atoms with Crippen molar-refractivity contribution in [2.75, 3.05) is 10.6 Å². The molecule has 10 heteroatoms. The first-order chi connectivity index (χ1) is 19.6. The Kier molecular flexibility index (Phi) is 11.0. The Bertz CT molecular complexity index is 1180. The number of nitrogens with one attached hydrogen (secondary N) is 2. The Hall–Kier alpha value is -2.72. The molecule has 0 aromatic carbocycles. The molecule has 0 bridgehead atoms. The minimum absolute atomic E-state index is 0.137. The fourth-order valence-corrected chi connectivity index (χ4v) is 8.01. The number of carbonyl (C=O) groups is 4. The van der Waals surface area contributed by atoms with Gasteiger partial charge in [-0.25, -0.2) is 9.59 Å². The third-order valence-electron chi connectivity index (χ3n) is 7.25. The second kappa shape index (κ2) is 14.4. The molecule has 4 rings (SSSR count). The van der Waals surface area contributed by atoms with Gasteiger partial charge >= 0.3 is 11.9 Å². The van der Waals surface area contributed by atoms with E-state index in [4.69, 9.17) is 9.47 Å². The van der Waals surface area contributed by atoms with Crippen LogP contribution >= 0.6 is 22.7 Å². The molecule has 2 N–H and O–H groups in total. The van der Waals surface area contributed by atoms with E-state index in [9.17, 15) is 19.2 Å². The summed E-state index contributed by atoms with van der Waals surface area (Å²) < 4.78 is 11.0. The molecule has 0 saturated carbocycles. The average molecular weight is 603 g/mol. The highest BCUT2D eigenvalue weighted by molar-refractivity contribution is 7.17. The molecule has 2 aliphatic carbocycles. The minimum Gasteiger partial charge on any atom is -0.459 e. The second-order valence-corrected chi connectivity index (χ2v) is 13.6. The largest absolute Gasteiger partial charge is 0.459 e. The maximum atomic E-state index is 13.0. The van der Waals surface area contributed by atoms with Gasteiger partial charge in [0, 0.05) is 22.6 Å². The van der Waals surface area contributed by atoms with Crippen molar-refractivity contribution in [3.8, 4) is 0 Å². The lowest BCUT2D eigenvalue weighted by Gasteiger charge is -2.12. The van der Waals surface area contributed by atoms with Crippen LogP contribution < -0.4 is 10.6 Å². The first kappa shape index (κ1) is 31.2. The fourth-order valence-electron chi connectivity index (χ4n) is 5.43. The smallest absolute Gasteiger partial charge is 0.341 e. The van der Waals surface area contributed by atoms with Gasteiger partial charge in [0.1, 0.15) is 10.0 Å². The topological polar surface area (TPSA) is 111 Å². The number of thiophene rings is 2. The van der Waals surface area contributed by atoms with Crippen LogP contribution in [0.5, 0.6) is 0 Å². The van der Waals surface area contributed by atoms with Gasteiger partial charge in [0.25, 0.3) is 0 Å². The van der Waals surface area contributed by atoms with Gasteiger partial charge in [0.15, 0.2) is 0 Å². The molecule has 2 aromatic heterocycles. The molecular weight excluding hydrogens is 560 g/mol. The Labute approximate surface area is 250 Å². The van der Waals surface area contributed by atoms with E-state index in [0.29, 0.717) is 27.5 Å². The first-order valence-corrected chi connectivity index (χ1v) is 16.6. The first-order valence-electron chi connectivity index (χ1n) is 14.9. The van der Waals surface area contributed by atoms with E-state index in [1.807, 2.05) is 27.7 Å². The number of anilines is 2. The molecule has 0 unspecified atom stereocenters. The van der Waals surface area contributed by atoms with Gasteiger partial charge < -0.3 is 20.1 Å². The number of ether oxygens (including phenoxy) is 2. The lowest BCUT2D eigenvalue weighted by atomic mass is 10.1. The summed E-state index contributed by atoms with van der Waals surface area (Å²) >= 11 is 2.94. The van der Waals surface area contributed by atoms with E-state index in [2.05, 4.69) is 10.6 Å². The Morgan fingerprint density at radius 2 is 1.02 bits per heavy atom. The van der Waals surface area contributed by atoms with E-state index >= 15 is 0 Å². The van der Waals surface area contributed by atoms with Gasteiger partial charge in [0.05, 0.1) is 23.3 Å². The molecule has 2 amide bonds. The average Bonchev–Trinajstić information content (AvgIpc) is 3.16. The molecular formula is C31H42N2O6S2. The monoisotopic (exact) mass is 602 g/mol. The van der Waals surface area contributed by atoms with Crippen molar-refractivity contribution in [2.24, 2.45) is 0 Å².